The van der Waals surface area contributed by atoms with Crippen molar-refractivity contribution in [2.45, 2.75) is 44.9 Å². The lowest BCUT2D eigenvalue weighted by Gasteiger charge is -2.43. The lowest BCUT2D eigenvalue weighted by atomic mass is 9.61. The zero-order valence-corrected chi connectivity index (χ0v) is 9.50. The lowest BCUT2D eigenvalue weighted by Crippen LogP contribution is -2.40. The second kappa shape index (κ2) is 3.23. The molecular formula is C13H20O2. The molecule has 0 aromatic carbocycles. The van der Waals surface area contributed by atoms with Crippen molar-refractivity contribution in [1.82, 2.24) is 0 Å². The van der Waals surface area contributed by atoms with Crippen molar-refractivity contribution in [3.63, 3.8) is 0 Å². The number of hydrogen-bond acceptors (Lipinski definition) is 2. The standard InChI is InChI=1S/C13H20O2/c1-15-12(14)13-3-2-9-4-10(7-13)6-11(5-9)8-13/h9-11H,2-8H2,1H3. The second-order valence-electron chi connectivity index (χ2n) is 6.02. The molecule has 4 aliphatic rings. The number of carbonyl (C=O) groups excluding carboxylic acids is 1. The maximum atomic E-state index is 12.0. The minimum Gasteiger partial charge on any atom is -0.469 e. The molecule has 0 heterocycles. The van der Waals surface area contributed by atoms with Gasteiger partial charge in [-0.3, -0.25) is 4.79 Å². The van der Waals surface area contributed by atoms with Crippen LogP contribution in [0.15, 0.2) is 0 Å². The van der Waals surface area contributed by atoms with E-state index in [1.54, 1.807) is 7.11 Å². The van der Waals surface area contributed by atoms with Crippen LogP contribution in [-0.4, -0.2) is 13.1 Å². The van der Waals surface area contributed by atoms with E-state index < -0.39 is 0 Å². The topological polar surface area (TPSA) is 26.3 Å². The van der Waals surface area contributed by atoms with Gasteiger partial charge in [0.2, 0.25) is 0 Å². The van der Waals surface area contributed by atoms with Crippen LogP contribution in [0.25, 0.3) is 0 Å². The first kappa shape index (κ1) is 9.68. The van der Waals surface area contributed by atoms with Gasteiger partial charge in [-0.05, 0) is 62.7 Å². The van der Waals surface area contributed by atoms with E-state index in [-0.39, 0.29) is 11.4 Å². The summed E-state index contributed by atoms with van der Waals surface area (Å²) < 4.78 is 5.05. The molecule has 4 bridgehead atoms. The average molecular weight is 208 g/mol. The first-order chi connectivity index (χ1) is 7.22. The summed E-state index contributed by atoms with van der Waals surface area (Å²) >= 11 is 0. The van der Waals surface area contributed by atoms with Gasteiger partial charge in [0.25, 0.3) is 0 Å². The predicted molar refractivity (Wildman–Crippen MR) is 57.2 cm³/mol. The van der Waals surface area contributed by atoms with Crippen LogP contribution in [0.4, 0.5) is 0 Å². The van der Waals surface area contributed by atoms with Crippen molar-refractivity contribution in [3.8, 4) is 0 Å². The van der Waals surface area contributed by atoms with Crippen LogP contribution in [0.5, 0.6) is 0 Å². The minimum absolute atomic E-state index is 0.0758. The Labute approximate surface area is 91.4 Å². The van der Waals surface area contributed by atoms with Gasteiger partial charge >= 0.3 is 5.97 Å². The quantitative estimate of drug-likeness (QED) is 0.619. The molecule has 84 valence electrons. The molecule has 0 N–H and O–H groups in total. The van der Waals surface area contributed by atoms with Crippen LogP contribution in [0.1, 0.15) is 44.9 Å². The number of ether oxygens (including phenoxy) is 1. The highest BCUT2D eigenvalue weighted by atomic mass is 16.5. The van der Waals surface area contributed by atoms with Gasteiger partial charge in [0.05, 0.1) is 12.5 Å². The third-order valence-corrected chi connectivity index (χ3v) is 5.01. The van der Waals surface area contributed by atoms with Gasteiger partial charge in [-0.1, -0.05) is 0 Å². The molecule has 0 aliphatic heterocycles. The lowest BCUT2D eigenvalue weighted by molar-refractivity contribution is -0.157. The van der Waals surface area contributed by atoms with Crippen molar-refractivity contribution in [3.05, 3.63) is 0 Å². The number of esters is 1. The van der Waals surface area contributed by atoms with Crippen molar-refractivity contribution in [2.24, 2.45) is 23.2 Å². The van der Waals surface area contributed by atoms with Crippen LogP contribution in [-0.2, 0) is 9.53 Å². The van der Waals surface area contributed by atoms with E-state index in [1.165, 1.54) is 25.7 Å². The van der Waals surface area contributed by atoms with Crippen molar-refractivity contribution < 1.29 is 9.53 Å². The molecule has 0 spiro atoms. The summed E-state index contributed by atoms with van der Waals surface area (Å²) in [5.74, 6) is 2.65. The highest BCUT2D eigenvalue weighted by molar-refractivity contribution is 5.77. The Kier molecular flexibility index (Phi) is 2.08. The Morgan fingerprint density at radius 3 is 2.33 bits per heavy atom. The Balaban J connectivity index is 1.93. The SMILES string of the molecule is COC(=O)C12CCC3CC(CC(C3)C1)C2. The van der Waals surface area contributed by atoms with E-state index in [0.717, 1.165) is 37.0 Å². The van der Waals surface area contributed by atoms with Gasteiger partial charge in [0, 0.05) is 0 Å². The fraction of sp³-hybridized carbons (Fsp3) is 0.923. The summed E-state index contributed by atoms with van der Waals surface area (Å²) in [4.78, 5) is 12.0. The number of rotatable bonds is 1. The maximum absolute atomic E-state index is 12.0. The van der Waals surface area contributed by atoms with Crippen LogP contribution in [0.3, 0.4) is 0 Å². The summed E-state index contributed by atoms with van der Waals surface area (Å²) in [7, 11) is 1.55. The van der Waals surface area contributed by atoms with Gasteiger partial charge in [-0.2, -0.15) is 0 Å². The van der Waals surface area contributed by atoms with E-state index in [4.69, 9.17) is 4.74 Å². The summed E-state index contributed by atoms with van der Waals surface area (Å²) in [6, 6.07) is 0. The molecular weight excluding hydrogens is 188 g/mol. The van der Waals surface area contributed by atoms with Crippen molar-refractivity contribution in [2.75, 3.05) is 7.11 Å². The Morgan fingerprint density at radius 2 is 1.73 bits per heavy atom. The molecule has 4 aliphatic carbocycles. The Morgan fingerprint density at radius 1 is 1.13 bits per heavy atom. The summed E-state index contributed by atoms with van der Waals surface area (Å²) in [5, 5.41) is 0. The average Bonchev–Trinajstić information content (AvgIpc) is 2.43. The molecule has 4 rings (SSSR count). The number of fused-ring (bicyclic) bond motifs is 1. The summed E-state index contributed by atoms with van der Waals surface area (Å²) in [5.41, 5.74) is -0.0758. The molecule has 0 aromatic rings. The minimum atomic E-state index is -0.0758. The van der Waals surface area contributed by atoms with Gasteiger partial charge in [0.1, 0.15) is 0 Å². The zero-order valence-electron chi connectivity index (χ0n) is 9.50. The fourth-order valence-electron chi connectivity index (χ4n) is 4.63. The summed E-state index contributed by atoms with van der Waals surface area (Å²) in [6.07, 6.45) is 8.75. The highest BCUT2D eigenvalue weighted by Crippen LogP contribution is 2.57. The Bertz CT molecular complexity index is 270. The maximum Gasteiger partial charge on any atom is 0.311 e. The largest absolute Gasteiger partial charge is 0.469 e. The van der Waals surface area contributed by atoms with Crippen LogP contribution < -0.4 is 0 Å². The normalized spacial score (nSPS) is 47.7. The first-order valence-electron chi connectivity index (χ1n) is 6.30. The van der Waals surface area contributed by atoms with E-state index in [2.05, 4.69) is 0 Å². The van der Waals surface area contributed by atoms with Crippen molar-refractivity contribution >= 4 is 5.97 Å². The molecule has 0 amide bonds. The number of hydrogen-bond donors (Lipinski definition) is 0. The second-order valence-corrected chi connectivity index (χ2v) is 6.02. The smallest absolute Gasteiger partial charge is 0.311 e. The van der Waals surface area contributed by atoms with Crippen LogP contribution >= 0.6 is 0 Å². The molecule has 4 fully saturated rings. The van der Waals surface area contributed by atoms with Crippen molar-refractivity contribution in [1.29, 1.82) is 0 Å². The third-order valence-electron chi connectivity index (χ3n) is 5.01. The first-order valence-corrected chi connectivity index (χ1v) is 6.30. The predicted octanol–water partition coefficient (Wildman–Crippen LogP) is 2.77. The zero-order chi connectivity index (χ0) is 10.5. The summed E-state index contributed by atoms with van der Waals surface area (Å²) in [6.45, 7) is 0. The molecule has 2 atom stereocenters. The van der Waals surface area contributed by atoms with Gasteiger partial charge in [0.15, 0.2) is 0 Å². The molecule has 0 aromatic heterocycles. The molecule has 4 saturated carbocycles. The molecule has 2 heteroatoms. The van der Waals surface area contributed by atoms with Gasteiger partial charge in [-0.15, -0.1) is 0 Å². The molecule has 2 nitrogen and oxygen atoms in total. The van der Waals surface area contributed by atoms with E-state index in [9.17, 15) is 4.79 Å². The van der Waals surface area contributed by atoms with Crippen LogP contribution in [0, 0.1) is 23.2 Å². The van der Waals surface area contributed by atoms with E-state index in [0.29, 0.717) is 0 Å². The van der Waals surface area contributed by atoms with E-state index in [1.807, 2.05) is 0 Å². The molecule has 15 heavy (non-hydrogen) atoms. The Hall–Kier alpha value is -0.530. The van der Waals surface area contributed by atoms with Gasteiger partial charge < -0.3 is 4.74 Å². The third kappa shape index (κ3) is 1.41. The monoisotopic (exact) mass is 208 g/mol. The van der Waals surface area contributed by atoms with E-state index >= 15 is 0 Å². The molecule has 0 saturated heterocycles. The fourth-order valence-corrected chi connectivity index (χ4v) is 4.63. The van der Waals surface area contributed by atoms with Gasteiger partial charge in [-0.25, -0.2) is 0 Å². The van der Waals surface area contributed by atoms with Crippen LogP contribution in [0.2, 0.25) is 0 Å². The highest BCUT2D eigenvalue weighted by Gasteiger charge is 2.51. The molecule has 2 unspecified atom stereocenters. The number of carbonyl (C=O) groups is 1. The molecule has 0 radical (unpaired) electrons. The number of methoxy groups -OCH3 is 1.